The minimum atomic E-state index is -0.613. The molecule has 0 bridgehead atoms. The summed E-state index contributed by atoms with van der Waals surface area (Å²) in [5.74, 6) is -1.52. The van der Waals surface area contributed by atoms with Gasteiger partial charge in [-0.15, -0.1) is 0 Å². The summed E-state index contributed by atoms with van der Waals surface area (Å²) in [6, 6.07) is 2.40. The van der Waals surface area contributed by atoms with Gasteiger partial charge in [-0.3, -0.25) is 9.59 Å². The number of benzene rings is 1. The molecule has 0 unspecified atom stereocenters. The van der Waals surface area contributed by atoms with Crippen molar-refractivity contribution in [2.45, 2.75) is 26.7 Å². The molecule has 1 heterocycles. The molecule has 0 aliphatic carbocycles. The molecular weight excluding hydrogens is 269 g/mol. The van der Waals surface area contributed by atoms with E-state index in [2.05, 4.69) is 0 Å². The Morgan fingerprint density at radius 2 is 1.89 bits per heavy atom. The Hall–Kier alpha value is -1.42. The van der Waals surface area contributed by atoms with Crippen molar-refractivity contribution in [1.29, 1.82) is 0 Å². The predicted molar refractivity (Wildman–Crippen MR) is 72.2 cm³/mol. The molecule has 102 valence electrons. The lowest BCUT2D eigenvalue weighted by Crippen LogP contribution is -2.34. The van der Waals surface area contributed by atoms with Gasteiger partial charge in [0.1, 0.15) is 5.82 Å². The van der Waals surface area contributed by atoms with Gasteiger partial charge in [-0.2, -0.15) is 0 Å². The lowest BCUT2D eigenvalue weighted by atomic mass is 10.0. The second-order valence-corrected chi connectivity index (χ2v) is 5.12. The van der Waals surface area contributed by atoms with Crippen LogP contribution in [0.15, 0.2) is 12.1 Å². The van der Waals surface area contributed by atoms with Crippen molar-refractivity contribution in [3.63, 3.8) is 0 Å². The fourth-order valence-electron chi connectivity index (χ4n) is 2.28. The summed E-state index contributed by atoms with van der Waals surface area (Å²) in [6.07, 6.45) is 1.81. The minimum absolute atomic E-state index is 0.135. The van der Waals surface area contributed by atoms with Crippen LogP contribution in [0.2, 0.25) is 5.02 Å². The number of halogens is 2. The van der Waals surface area contributed by atoms with Crippen molar-refractivity contribution in [2.24, 2.45) is 5.92 Å². The third-order valence-corrected chi connectivity index (χ3v) is 3.90. The van der Waals surface area contributed by atoms with E-state index in [1.807, 2.05) is 13.8 Å². The Morgan fingerprint density at radius 3 is 2.47 bits per heavy atom. The lowest BCUT2D eigenvalue weighted by Gasteiger charge is -2.22. The fourth-order valence-corrected chi connectivity index (χ4v) is 2.44. The molecule has 1 aromatic rings. The number of Topliss-reactive ketones (excluding diaryl/α,β-unsaturated/α-hetero) is 1. The monoisotopic (exact) mass is 283 g/mol. The molecule has 1 aliphatic rings. The van der Waals surface area contributed by atoms with Crippen LogP contribution < -0.4 is 4.90 Å². The van der Waals surface area contributed by atoms with Crippen molar-refractivity contribution in [3.8, 4) is 0 Å². The smallest absolute Gasteiger partial charge is 0.299 e. The van der Waals surface area contributed by atoms with E-state index in [1.54, 1.807) is 0 Å². The number of hydrogen-bond donors (Lipinski definition) is 0. The molecule has 0 radical (unpaired) electrons. The van der Waals surface area contributed by atoms with Crippen LogP contribution >= 0.6 is 11.6 Å². The van der Waals surface area contributed by atoms with Crippen molar-refractivity contribution in [2.75, 3.05) is 11.4 Å². The van der Waals surface area contributed by atoms with Crippen molar-refractivity contribution in [3.05, 3.63) is 28.5 Å². The fraction of sp³-hybridized carbons (Fsp3) is 0.429. The molecule has 0 saturated heterocycles. The number of carbonyl (C=O) groups is 2. The Labute approximate surface area is 116 Å². The SMILES string of the molecule is CCC(CC)CN1C(=O)C(=O)c2cc(Cl)c(F)cc21. The molecule has 5 heteroatoms. The second-order valence-electron chi connectivity index (χ2n) is 4.71. The van der Waals surface area contributed by atoms with E-state index in [0.29, 0.717) is 18.2 Å². The van der Waals surface area contributed by atoms with Gasteiger partial charge in [0, 0.05) is 6.54 Å². The van der Waals surface area contributed by atoms with E-state index < -0.39 is 17.5 Å². The quantitative estimate of drug-likeness (QED) is 0.794. The van der Waals surface area contributed by atoms with Gasteiger partial charge in [-0.1, -0.05) is 38.3 Å². The van der Waals surface area contributed by atoms with E-state index in [4.69, 9.17) is 11.6 Å². The minimum Gasteiger partial charge on any atom is -0.304 e. The zero-order chi connectivity index (χ0) is 14.2. The van der Waals surface area contributed by atoms with E-state index in [9.17, 15) is 14.0 Å². The number of amides is 1. The van der Waals surface area contributed by atoms with Crippen LogP contribution in [-0.4, -0.2) is 18.2 Å². The van der Waals surface area contributed by atoms with Gasteiger partial charge in [0.15, 0.2) is 0 Å². The Kier molecular flexibility index (Phi) is 3.90. The van der Waals surface area contributed by atoms with E-state index in [0.717, 1.165) is 12.8 Å². The van der Waals surface area contributed by atoms with Crippen LogP contribution in [0.4, 0.5) is 10.1 Å². The molecule has 1 amide bonds. The number of anilines is 1. The van der Waals surface area contributed by atoms with Crippen LogP contribution in [0.1, 0.15) is 37.0 Å². The molecule has 0 aromatic heterocycles. The van der Waals surface area contributed by atoms with Gasteiger partial charge < -0.3 is 4.90 Å². The molecular formula is C14H15ClFNO2. The largest absolute Gasteiger partial charge is 0.304 e. The van der Waals surface area contributed by atoms with Gasteiger partial charge in [0.2, 0.25) is 0 Å². The maximum absolute atomic E-state index is 13.5. The first-order valence-corrected chi connectivity index (χ1v) is 6.72. The van der Waals surface area contributed by atoms with Crippen molar-refractivity contribution in [1.82, 2.24) is 0 Å². The van der Waals surface area contributed by atoms with Crippen LogP contribution in [0, 0.1) is 11.7 Å². The third kappa shape index (κ3) is 2.37. The maximum atomic E-state index is 13.5. The zero-order valence-corrected chi connectivity index (χ0v) is 11.6. The molecule has 2 rings (SSSR count). The third-order valence-electron chi connectivity index (χ3n) is 3.61. The number of carbonyl (C=O) groups excluding carboxylic acids is 2. The molecule has 0 atom stereocenters. The number of hydrogen-bond acceptors (Lipinski definition) is 2. The first-order valence-electron chi connectivity index (χ1n) is 6.34. The number of ketones is 1. The highest BCUT2D eigenvalue weighted by atomic mass is 35.5. The molecule has 0 fully saturated rings. The van der Waals surface area contributed by atoms with E-state index in [-0.39, 0.29) is 10.6 Å². The molecule has 1 aromatic carbocycles. The highest BCUT2D eigenvalue weighted by molar-refractivity contribution is 6.52. The predicted octanol–water partition coefficient (Wildman–Crippen LogP) is 3.44. The first-order chi connectivity index (χ1) is 8.99. The summed E-state index contributed by atoms with van der Waals surface area (Å²) in [7, 11) is 0. The summed E-state index contributed by atoms with van der Waals surface area (Å²) >= 11 is 5.66. The summed E-state index contributed by atoms with van der Waals surface area (Å²) in [5, 5.41) is -0.135. The normalized spacial score (nSPS) is 14.5. The van der Waals surface area contributed by atoms with Crippen LogP contribution in [-0.2, 0) is 4.79 Å². The molecule has 0 N–H and O–H groups in total. The van der Waals surface area contributed by atoms with Gasteiger partial charge >= 0.3 is 0 Å². The Balaban J connectivity index is 2.41. The zero-order valence-electron chi connectivity index (χ0n) is 10.9. The maximum Gasteiger partial charge on any atom is 0.299 e. The average molecular weight is 284 g/mol. The van der Waals surface area contributed by atoms with E-state index in [1.165, 1.54) is 17.0 Å². The van der Waals surface area contributed by atoms with Gasteiger partial charge in [-0.05, 0) is 18.1 Å². The summed E-state index contributed by atoms with van der Waals surface area (Å²) in [6.45, 7) is 4.49. The van der Waals surface area contributed by atoms with Gasteiger partial charge in [0.05, 0.1) is 16.3 Å². The Morgan fingerprint density at radius 1 is 1.26 bits per heavy atom. The second kappa shape index (κ2) is 5.29. The highest BCUT2D eigenvalue weighted by Crippen LogP contribution is 2.34. The number of nitrogens with zero attached hydrogens (tertiary/aromatic N) is 1. The van der Waals surface area contributed by atoms with Crippen molar-refractivity contribution < 1.29 is 14.0 Å². The first kappa shape index (κ1) is 14.0. The summed E-state index contributed by atoms with van der Waals surface area (Å²) in [4.78, 5) is 25.2. The molecule has 1 aliphatic heterocycles. The Bertz CT molecular complexity index is 540. The van der Waals surface area contributed by atoms with Gasteiger partial charge in [0.25, 0.3) is 11.7 Å². The summed E-state index contributed by atoms with van der Waals surface area (Å²) in [5.41, 5.74) is 0.533. The number of fused-ring (bicyclic) bond motifs is 1. The molecule has 0 saturated carbocycles. The lowest BCUT2D eigenvalue weighted by molar-refractivity contribution is -0.114. The number of rotatable bonds is 4. The standard InChI is InChI=1S/C14H15ClFNO2/c1-3-8(4-2)7-17-12-6-11(16)10(15)5-9(12)13(18)14(17)19/h5-6,8H,3-4,7H2,1-2H3. The average Bonchev–Trinajstić information content (AvgIpc) is 2.61. The van der Waals surface area contributed by atoms with Crippen LogP contribution in [0.25, 0.3) is 0 Å². The van der Waals surface area contributed by atoms with Gasteiger partial charge in [-0.25, -0.2) is 4.39 Å². The molecule has 3 nitrogen and oxygen atoms in total. The topological polar surface area (TPSA) is 37.4 Å². The summed E-state index contributed by atoms with van der Waals surface area (Å²) < 4.78 is 13.5. The highest BCUT2D eigenvalue weighted by Gasteiger charge is 2.37. The molecule has 19 heavy (non-hydrogen) atoms. The van der Waals surface area contributed by atoms with Crippen molar-refractivity contribution >= 4 is 29.0 Å². The van der Waals surface area contributed by atoms with Crippen LogP contribution in [0.3, 0.4) is 0 Å². The van der Waals surface area contributed by atoms with E-state index >= 15 is 0 Å². The van der Waals surface area contributed by atoms with Crippen LogP contribution in [0.5, 0.6) is 0 Å². The molecule has 0 spiro atoms.